The van der Waals surface area contributed by atoms with Crippen LogP contribution in [-0.2, 0) is 0 Å². The van der Waals surface area contributed by atoms with Crippen LogP contribution < -0.4 is 15.6 Å². The van der Waals surface area contributed by atoms with Crippen molar-refractivity contribution in [3.63, 3.8) is 0 Å². The minimum absolute atomic E-state index is 0.520. The molecular weight excluding hydrogens is 356 g/mol. The molecular formula is C26H24OSi. The first-order valence-electron chi connectivity index (χ1n) is 9.70. The number of hydrogen-bond acceptors (Lipinski definition) is 1. The molecule has 4 aromatic rings. The molecule has 0 fully saturated rings. The molecule has 4 aromatic carbocycles. The molecule has 0 aromatic heterocycles. The lowest BCUT2D eigenvalue weighted by Crippen LogP contribution is -2.67. The van der Waals surface area contributed by atoms with Crippen molar-refractivity contribution in [3.8, 4) is 0 Å². The molecule has 1 atom stereocenters. The first kappa shape index (κ1) is 18.4. The van der Waals surface area contributed by atoms with Crippen LogP contribution in [0.2, 0.25) is 6.04 Å². The van der Waals surface area contributed by atoms with Crippen molar-refractivity contribution in [1.82, 2.24) is 0 Å². The fourth-order valence-corrected chi connectivity index (χ4v) is 8.91. The molecule has 0 aliphatic carbocycles. The average molecular weight is 381 g/mol. The summed E-state index contributed by atoms with van der Waals surface area (Å²) in [6.45, 7) is 0. The van der Waals surface area contributed by atoms with Gasteiger partial charge in [-0.15, -0.1) is 0 Å². The van der Waals surface area contributed by atoms with Crippen molar-refractivity contribution in [3.05, 3.63) is 127 Å². The summed E-state index contributed by atoms with van der Waals surface area (Å²) in [5.41, 5.74) is 0.974. The highest BCUT2D eigenvalue weighted by molar-refractivity contribution is 7.11. The van der Waals surface area contributed by atoms with E-state index in [2.05, 4.69) is 91.0 Å². The van der Waals surface area contributed by atoms with Gasteiger partial charge in [0, 0.05) is 0 Å². The number of aliphatic hydroxyl groups excluding tert-OH is 1. The van der Waals surface area contributed by atoms with Crippen LogP contribution >= 0.6 is 0 Å². The SMILES string of the molecule is O[C@@H](C[Si](c1ccccc1)(c1ccccc1)c1ccccc1)c1ccccc1. The summed E-state index contributed by atoms with van der Waals surface area (Å²) in [5.74, 6) is 0. The van der Waals surface area contributed by atoms with Crippen LogP contribution in [0.5, 0.6) is 0 Å². The fraction of sp³-hybridized carbons (Fsp3) is 0.0769. The molecule has 0 radical (unpaired) electrons. The molecule has 0 saturated heterocycles. The van der Waals surface area contributed by atoms with Crippen LogP contribution in [-0.4, -0.2) is 13.2 Å². The van der Waals surface area contributed by atoms with Gasteiger partial charge < -0.3 is 5.11 Å². The first-order chi connectivity index (χ1) is 13.8. The predicted octanol–water partition coefficient (Wildman–Crippen LogP) is 3.89. The summed E-state index contributed by atoms with van der Waals surface area (Å²) in [6.07, 6.45) is -0.520. The number of hydrogen-bond donors (Lipinski definition) is 1. The zero-order chi connectivity index (χ0) is 19.2. The topological polar surface area (TPSA) is 20.2 Å². The summed E-state index contributed by atoms with van der Waals surface area (Å²) >= 11 is 0. The third-order valence-corrected chi connectivity index (χ3v) is 10.4. The van der Waals surface area contributed by atoms with Crippen LogP contribution in [0.25, 0.3) is 0 Å². The molecule has 0 aliphatic rings. The minimum Gasteiger partial charge on any atom is -0.389 e. The van der Waals surface area contributed by atoms with E-state index in [1.165, 1.54) is 15.6 Å². The second kappa shape index (κ2) is 8.38. The van der Waals surface area contributed by atoms with Crippen molar-refractivity contribution in [2.45, 2.75) is 12.1 Å². The summed E-state index contributed by atoms with van der Waals surface area (Å²) in [6, 6.07) is 42.9. The van der Waals surface area contributed by atoms with E-state index in [0.29, 0.717) is 6.04 Å². The van der Waals surface area contributed by atoms with Gasteiger partial charge in [0.1, 0.15) is 0 Å². The van der Waals surface area contributed by atoms with Crippen LogP contribution in [0, 0.1) is 0 Å². The van der Waals surface area contributed by atoms with Crippen molar-refractivity contribution >= 4 is 23.6 Å². The van der Waals surface area contributed by atoms with E-state index in [4.69, 9.17) is 0 Å². The van der Waals surface area contributed by atoms with Gasteiger partial charge in [0.15, 0.2) is 8.07 Å². The normalized spacial score (nSPS) is 12.5. The number of benzene rings is 4. The molecule has 0 heterocycles. The van der Waals surface area contributed by atoms with E-state index >= 15 is 0 Å². The Morgan fingerprint density at radius 2 is 0.821 bits per heavy atom. The smallest absolute Gasteiger partial charge is 0.151 e. The lowest BCUT2D eigenvalue weighted by atomic mass is 10.1. The van der Waals surface area contributed by atoms with Crippen LogP contribution in [0.3, 0.4) is 0 Å². The van der Waals surface area contributed by atoms with Crippen molar-refractivity contribution in [2.24, 2.45) is 0 Å². The third kappa shape index (κ3) is 3.57. The zero-order valence-corrected chi connectivity index (χ0v) is 16.8. The minimum atomic E-state index is -2.42. The highest BCUT2D eigenvalue weighted by atomic mass is 28.3. The molecule has 1 nitrogen and oxygen atoms in total. The van der Waals surface area contributed by atoms with Gasteiger partial charge in [0.25, 0.3) is 0 Å². The van der Waals surface area contributed by atoms with Gasteiger partial charge in [-0.3, -0.25) is 0 Å². The van der Waals surface area contributed by atoms with Gasteiger partial charge >= 0.3 is 0 Å². The summed E-state index contributed by atoms with van der Waals surface area (Å²) in [5, 5.41) is 15.2. The Bertz CT molecular complexity index is 889. The van der Waals surface area contributed by atoms with E-state index in [1.807, 2.05) is 30.3 Å². The van der Waals surface area contributed by atoms with Gasteiger partial charge in [0.2, 0.25) is 0 Å². The molecule has 0 aliphatic heterocycles. The molecule has 0 bridgehead atoms. The highest BCUT2D eigenvalue weighted by Gasteiger charge is 2.41. The maximum Gasteiger partial charge on any atom is 0.151 e. The van der Waals surface area contributed by atoms with E-state index in [0.717, 1.165) is 5.56 Å². The van der Waals surface area contributed by atoms with E-state index < -0.39 is 14.2 Å². The lowest BCUT2D eigenvalue weighted by Gasteiger charge is -2.35. The summed E-state index contributed by atoms with van der Waals surface area (Å²) in [4.78, 5) is 0. The van der Waals surface area contributed by atoms with Gasteiger partial charge in [-0.2, -0.15) is 0 Å². The second-order valence-corrected chi connectivity index (χ2v) is 11.1. The number of aliphatic hydroxyl groups is 1. The molecule has 28 heavy (non-hydrogen) atoms. The van der Waals surface area contributed by atoms with Gasteiger partial charge in [-0.25, -0.2) is 0 Å². The highest BCUT2D eigenvalue weighted by Crippen LogP contribution is 2.25. The van der Waals surface area contributed by atoms with Gasteiger partial charge in [-0.1, -0.05) is 121 Å². The standard InChI is InChI=1S/C26H24OSi/c27-26(22-13-5-1-6-14-22)21-28(23-15-7-2-8-16-23,24-17-9-3-10-18-24)25-19-11-4-12-20-25/h1-20,26-27H,21H2/t26-/m0/s1. The van der Waals surface area contributed by atoms with Crippen LogP contribution in [0.15, 0.2) is 121 Å². The summed E-state index contributed by atoms with van der Waals surface area (Å²) < 4.78 is 0. The first-order valence-corrected chi connectivity index (χ1v) is 11.9. The Hall–Kier alpha value is -2.94. The molecule has 138 valence electrons. The van der Waals surface area contributed by atoms with Crippen molar-refractivity contribution in [2.75, 3.05) is 0 Å². The van der Waals surface area contributed by atoms with E-state index in [-0.39, 0.29) is 0 Å². The molecule has 0 spiro atoms. The van der Waals surface area contributed by atoms with Gasteiger partial charge in [0.05, 0.1) is 6.10 Å². The Balaban J connectivity index is 1.93. The Morgan fingerprint density at radius 1 is 0.500 bits per heavy atom. The third-order valence-electron chi connectivity index (χ3n) is 5.48. The molecule has 0 amide bonds. The van der Waals surface area contributed by atoms with Crippen LogP contribution in [0.4, 0.5) is 0 Å². The van der Waals surface area contributed by atoms with E-state index in [9.17, 15) is 5.11 Å². The van der Waals surface area contributed by atoms with E-state index in [1.54, 1.807) is 0 Å². The predicted molar refractivity (Wildman–Crippen MR) is 120 cm³/mol. The maximum atomic E-state index is 11.3. The molecule has 2 heteroatoms. The second-order valence-electron chi connectivity index (χ2n) is 7.13. The lowest BCUT2D eigenvalue weighted by molar-refractivity contribution is 0.198. The monoisotopic (exact) mass is 380 g/mol. The Labute approximate surface area is 168 Å². The Kier molecular flexibility index (Phi) is 5.52. The fourth-order valence-electron chi connectivity index (χ4n) is 4.10. The van der Waals surface area contributed by atoms with Crippen molar-refractivity contribution < 1.29 is 5.11 Å². The van der Waals surface area contributed by atoms with Gasteiger partial charge in [-0.05, 0) is 27.2 Å². The molecule has 0 unspecified atom stereocenters. The molecule has 4 rings (SSSR count). The summed E-state index contributed by atoms with van der Waals surface area (Å²) in [7, 11) is -2.42. The Morgan fingerprint density at radius 3 is 1.18 bits per heavy atom. The van der Waals surface area contributed by atoms with Crippen LogP contribution in [0.1, 0.15) is 11.7 Å². The molecule has 1 N–H and O–H groups in total. The largest absolute Gasteiger partial charge is 0.389 e. The maximum absolute atomic E-state index is 11.3. The number of rotatable bonds is 6. The quantitative estimate of drug-likeness (QED) is 0.397. The zero-order valence-electron chi connectivity index (χ0n) is 15.8. The van der Waals surface area contributed by atoms with Crippen molar-refractivity contribution in [1.29, 1.82) is 0 Å². The average Bonchev–Trinajstić information content (AvgIpc) is 2.80. The molecule has 0 saturated carbocycles.